The van der Waals surface area contributed by atoms with Gasteiger partial charge in [0.15, 0.2) is 5.75 Å². The third-order valence-electron chi connectivity index (χ3n) is 5.39. The molecule has 1 fully saturated rings. The molecule has 0 radical (unpaired) electrons. The van der Waals surface area contributed by atoms with Crippen LogP contribution in [0.3, 0.4) is 0 Å². The summed E-state index contributed by atoms with van der Waals surface area (Å²) in [5.74, 6) is -0.285. The lowest BCUT2D eigenvalue weighted by Gasteiger charge is -2.34. The molecule has 1 aliphatic heterocycles. The van der Waals surface area contributed by atoms with Crippen molar-refractivity contribution in [3.05, 3.63) is 52.4 Å². The fraction of sp³-hybridized carbons (Fsp3) is 0.391. The van der Waals surface area contributed by atoms with Gasteiger partial charge in [-0.15, -0.1) is 0 Å². The van der Waals surface area contributed by atoms with Gasteiger partial charge in [0, 0.05) is 69.7 Å². The van der Waals surface area contributed by atoms with E-state index in [2.05, 4.69) is 15.5 Å². The minimum Gasteiger partial charge on any atom is -0.491 e. The number of pyridine rings is 1. The number of amides is 3. The molecule has 0 bridgehead atoms. The number of nitrogens with zero attached hydrogens (tertiary/aromatic N) is 3. The Morgan fingerprint density at radius 1 is 1.00 bits per heavy atom. The Labute approximate surface area is 192 Å². The molecule has 0 atom stereocenters. The molecule has 10 heteroatoms. The Bertz CT molecular complexity index is 1090. The van der Waals surface area contributed by atoms with Gasteiger partial charge in [-0.1, -0.05) is 6.07 Å². The molecule has 1 saturated heterocycles. The van der Waals surface area contributed by atoms with E-state index in [0.29, 0.717) is 49.8 Å². The van der Waals surface area contributed by atoms with Crippen molar-refractivity contribution in [3.63, 3.8) is 0 Å². The first kappa shape index (κ1) is 24.0. The van der Waals surface area contributed by atoms with Crippen LogP contribution in [0.4, 0.5) is 11.4 Å². The van der Waals surface area contributed by atoms with E-state index in [9.17, 15) is 19.2 Å². The highest BCUT2D eigenvalue weighted by molar-refractivity contribution is 5.93. The summed E-state index contributed by atoms with van der Waals surface area (Å²) in [6, 6.07) is 8.34. The van der Waals surface area contributed by atoms with Crippen molar-refractivity contribution in [3.8, 4) is 5.75 Å². The van der Waals surface area contributed by atoms with Gasteiger partial charge in [0.1, 0.15) is 6.54 Å². The monoisotopic (exact) mass is 455 g/mol. The van der Waals surface area contributed by atoms with Crippen LogP contribution in [0.15, 0.2) is 41.3 Å². The molecule has 0 spiro atoms. The Balaban J connectivity index is 1.73. The van der Waals surface area contributed by atoms with Crippen molar-refractivity contribution in [2.24, 2.45) is 0 Å². The van der Waals surface area contributed by atoms with Crippen molar-refractivity contribution in [1.29, 1.82) is 0 Å². The van der Waals surface area contributed by atoms with E-state index < -0.39 is 0 Å². The van der Waals surface area contributed by atoms with Crippen LogP contribution in [-0.2, 0) is 27.5 Å². The second kappa shape index (κ2) is 10.8. The number of aromatic nitrogens is 1. The molecule has 176 valence electrons. The summed E-state index contributed by atoms with van der Waals surface area (Å²) in [5.41, 5.74) is 1.55. The Morgan fingerprint density at radius 2 is 1.67 bits per heavy atom. The van der Waals surface area contributed by atoms with E-state index in [-0.39, 0.29) is 35.4 Å². The van der Waals surface area contributed by atoms with Gasteiger partial charge >= 0.3 is 0 Å². The standard InChI is InChI=1S/C23H29N5O5/c1-16(29)24-18-5-4-6-19(11-18)25-23(32)15-28-14-22(33-3)21(31)12-20(28)13-26-7-9-27(10-8-26)17(2)30/h4-6,11-12,14H,7-10,13,15H2,1-3H3,(H,24,29)(H,25,32). The summed E-state index contributed by atoms with van der Waals surface area (Å²) in [5, 5.41) is 5.49. The maximum atomic E-state index is 12.8. The number of carbonyl (C=O) groups is 3. The third-order valence-corrected chi connectivity index (χ3v) is 5.39. The van der Waals surface area contributed by atoms with Gasteiger partial charge in [-0.2, -0.15) is 0 Å². The van der Waals surface area contributed by atoms with Crippen LogP contribution in [0.5, 0.6) is 5.75 Å². The number of hydrogen-bond donors (Lipinski definition) is 2. The van der Waals surface area contributed by atoms with Gasteiger partial charge in [-0.3, -0.25) is 24.1 Å². The first-order valence-electron chi connectivity index (χ1n) is 10.7. The lowest BCUT2D eigenvalue weighted by atomic mass is 10.2. The normalized spacial score (nSPS) is 14.0. The van der Waals surface area contributed by atoms with Gasteiger partial charge < -0.3 is 24.8 Å². The molecule has 2 aromatic rings. The van der Waals surface area contributed by atoms with Crippen LogP contribution in [0.25, 0.3) is 0 Å². The van der Waals surface area contributed by atoms with E-state index in [1.54, 1.807) is 40.7 Å². The van der Waals surface area contributed by atoms with Crippen LogP contribution in [-0.4, -0.2) is 65.4 Å². The number of anilines is 2. The average molecular weight is 456 g/mol. The molecule has 3 amide bonds. The first-order chi connectivity index (χ1) is 15.7. The van der Waals surface area contributed by atoms with E-state index in [1.165, 1.54) is 26.3 Å². The maximum absolute atomic E-state index is 12.8. The van der Waals surface area contributed by atoms with Gasteiger partial charge in [0.2, 0.25) is 23.2 Å². The van der Waals surface area contributed by atoms with E-state index >= 15 is 0 Å². The highest BCUT2D eigenvalue weighted by atomic mass is 16.5. The minimum absolute atomic E-state index is 0.0241. The molecule has 33 heavy (non-hydrogen) atoms. The molecule has 0 unspecified atom stereocenters. The highest BCUT2D eigenvalue weighted by Crippen LogP contribution is 2.16. The molecular formula is C23H29N5O5. The number of piperazine rings is 1. The largest absolute Gasteiger partial charge is 0.491 e. The molecule has 1 aromatic heterocycles. The number of ether oxygens (including phenoxy) is 1. The Kier molecular flexibility index (Phi) is 7.83. The van der Waals surface area contributed by atoms with Crippen LogP contribution in [0.1, 0.15) is 19.5 Å². The topological polar surface area (TPSA) is 113 Å². The lowest BCUT2D eigenvalue weighted by molar-refractivity contribution is -0.130. The second-order valence-corrected chi connectivity index (χ2v) is 7.92. The van der Waals surface area contributed by atoms with Crippen molar-refractivity contribution >= 4 is 29.1 Å². The van der Waals surface area contributed by atoms with Crippen LogP contribution < -0.4 is 20.8 Å². The average Bonchev–Trinajstić information content (AvgIpc) is 2.75. The van der Waals surface area contributed by atoms with Crippen molar-refractivity contribution in [2.45, 2.75) is 26.9 Å². The van der Waals surface area contributed by atoms with Crippen molar-refractivity contribution in [2.75, 3.05) is 43.9 Å². The number of benzene rings is 1. The van der Waals surface area contributed by atoms with Crippen molar-refractivity contribution in [1.82, 2.24) is 14.4 Å². The molecule has 3 rings (SSSR count). The van der Waals surface area contributed by atoms with Gasteiger partial charge in [0.05, 0.1) is 13.3 Å². The van der Waals surface area contributed by atoms with Crippen molar-refractivity contribution < 1.29 is 19.1 Å². The number of rotatable bonds is 7. The third kappa shape index (κ3) is 6.66. The molecule has 10 nitrogen and oxygen atoms in total. The van der Waals surface area contributed by atoms with E-state index in [0.717, 1.165) is 0 Å². The van der Waals surface area contributed by atoms with Gasteiger partial charge in [0.25, 0.3) is 0 Å². The first-order valence-corrected chi connectivity index (χ1v) is 10.7. The van der Waals surface area contributed by atoms with Crippen LogP contribution in [0.2, 0.25) is 0 Å². The zero-order valence-corrected chi connectivity index (χ0v) is 19.1. The van der Waals surface area contributed by atoms with Crippen LogP contribution >= 0.6 is 0 Å². The fourth-order valence-electron chi connectivity index (χ4n) is 3.71. The smallest absolute Gasteiger partial charge is 0.244 e. The highest BCUT2D eigenvalue weighted by Gasteiger charge is 2.20. The van der Waals surface area contributed by atoms with Gasteiger partial charge in [-0.05, 0) is 18.2 Å². The Morgan fingerprint density at radius 3 is 2.27 bits per heavy atom. The quantitative estimate of drug-likeness (QED) is 0.647. The fourth-order valence-corrected chi connectivity index (χ4v) is 3.71. The van der Waals surface area contributed by atoms with E-state index in [4.69, 9.17) is 4.74 Å². The minimum atomic E-state index is -0.289. The summed E-state index contributed by atoms with van der Waals surface area (Å²) < 4.78 is 6.86. The summed E-state index contributed by atoms with van der Waals surface area (Å²) in [7, 11) is 1.41. The molecule has 0 aliphatic carbocycles. The Hall–Kier alpha value is -3.66. The van der Waals surface area contributed by atoms with Gasteiger partial charge in [-0.25, -0.2) is 0 Å². The summed E-state index contributed by atoms with van der Waals surface area (Å²) in [6.07, 6.45) is 1.54. The number of nitrogens with one attached hydrogen (secondary N) is 2. The van der Waals surface area contributed by atoms with Crippen LogP contribution in [0, 0.1) is 0 Å². The summed E-state index contributed by atoms with van der Waals surface area (Å²) in [4.78, 5) is 51.9. The molecule has 2 heterocycles. The molecular weight excluding hydrogens is 426 g/mol. The summed E-state index contributed by atoms with van der Waals surface area (Å²) >= 11 is 0. The predicted octanol–water partition coefficient (Wildman–Crippen LogP) is 1.12. The number of hydrogen-bond acceptors (Lipinski definition) is 6. The molecule has 1 aromatic carbocycles. The molecule has 2 N–H and O–H groups in total. The maximum Gasteiger partial charge on any atom is 0.244 e. The SMILES string of the molecule is COc1cn(CC(=O)Nc2cccc(NC(C)=O)c2)c(CN2CCN(C(C)=O)CC2)cc1=O. The lowest BCUT2D eigenvalue weighted by Crippen LogP contribution is -2.47. The second-order valence-electron chi connectivity index (χ2n) is 7.92. The number of carbonyl (C=O) groups excluding carboxylic acids is 3. The summed E-state index contributed by atoms with van der Waals surface area (Å²) in [6.45, 7) is 6.03. The zero-order chi connectivity index (χ0) is 24.0. The number of methoxy groups -OCH3 is 1. The van der Waals surface area contributed by atoms with E-state index in [1.807, 2.05) is 0 Å². The zero-order valence-electron chi connectivity index (χ0n) is 19.1. The molecule has 0 saturated carbocycles. The molecule has 1 aliphatic rings. The predicted molar refractivity (Wildman–Crippen MR) is 124 cm³/mol.